The minimum absolute atomic E-state index is 0.120. The van der Waals surface area contributed by atoms with Crippen LogP contribution in [0.25, 0.3) is 0 Å². The first kappa shape index (κ1) is 21.3. The molecule has 162 valence electrons. The lowest BCUT2D eigenvalue weighted by Gasteiger charge is -2.53. The van der Waals surface area contributed by atoms with Gasteiger partial charge in [-0.3, -0.25) is 4.90 Å². The van der Waals surface area contributed by atoms with Gasteiger partial charge in [-0.05, 0) is 56.9 Å². The zero-order chi connectivity index (χ0) is 21.1. The van der Waals surface area contributed by atoms with Gasteiger partial charge >= 0.3 is 0 Å². The van der Waals surface area contributed by atoms with Gasteiger partial charge in [0.1, 0.15) is 5.82 Å². The van der Waals surface area contributed by atoms with Crippen LogP contribution in [0.1, 0.15) is 63.1 Å². The number of hydrogen-bond donors (Lipinski definition) is 1. The lowest BCUT2D eigenvalue weighted by Crippen LogP contribution is -2.54. The molecular formula is C26H35FN2O. The van der Waals surface area contributed by atoms with Crippen LogP contribution in [0.2, 0.25) is 0 Å². The third kappa shape index (κ3) is 4.13. The van der Waals surface area contributed by atoms with Gasteiger partial charge in [0.25, 0.3) is 0 Å². The van der Waals surface area contributed by atoms with Crippen molar-refractivity contribution in [2.24, 2.45) is 5.92 Å². The molecule has 3 atom stereocenters. The monoisotopic (exact) mass is 410 g/mol. The highest BCUT2D eigenvalue weighted by atomic mass is 19.1. The molecule has 0 radical (unpaired) electrons. The smallest absolute Gasteiger partial charge is 0.127 e. The van der Waals surface area contributed by atoms with Crippen LogP contribution in [-0.2, 0) is 6.54 Å². The predicted molar refractivity (Wildman–Crippen MR) is 121 cm³/mol. The van der Waals surface area contributed by atoms with Crippen molar-refractivity contribution >= 4 is 5.69 Å². The lowest BCUT2D eigenvalue weighted by atomic mass is 9.66. The third-order valence-corrected chi connectivity index (χ3v) is 7.37. The van der Waals surface area contributed by atoms with Crippen LogP contribution < -0.4 is 4.90 Å². The SMILES string of the molecule is CCN(CC)c1ccc([C@@H]2[C@H]3CCCC[C@@]3(O)CCN2Cc2ccccc2F)cc1. The molecule has 1 saturated heterocycles. The maximum Gasteiger partial charge on any atom is 0.127 e. The van der Waals surface area contributed by atoms with Gasteiger partial charge in [0.05, 0.1) is 5.60 Å². The largest absolute Gasteiger partial charge is 0.389 e. The second-order valence-electron chi connectivity index (χ2n) is 8.98. The number of nitrogens with zero attached hydrogens (tertiary/aromatic N) is 2. The molecule has 1 saturated carbocycles. The van der Waals surface area contributed by atoms with Gasteiger partial charge in [-0.2, -0.15) is 0 Å². The summed E-state index contributed by atoms with van der Waals surface area (Å²) in [6, 6.07) is 16.1. The van der Waals surface area contributed by atoms with Crippen molar-refractivity contribution < 1.29 is 9.50 Å². The van der Waals surface area contributed by atoms with E-state index in [2.05, 4.69) is 47.9 Å². The molecule has 2 fully saturated rings. The molecule has 2 aliphatic rings. The number of aliphatic hydroxyl groups is 1. The van der Waals surface area contributed by atoms with Crippen molar-refractivity contribution in [3.8, 4) is 0 Å². The highest BCUT2D eigenvalue weighted by molar-refractivity contribution is 5.48. The summed E-state index contributed by atoms with van der Waals surface area (Å²) < 4.78 is 14.4. The van der Waals surface area contributed by atoms with E-state index in [-0.39, 0.29) is 17.8 Å². The van der Waals surface area contributed by atoms with E-state index in [9.17, 15) is 9.50 Å². The highest BCUT2D eigenvalue weighted by Gasteiger charge is 2.48. The van der Waals surface area contributed by atoms with Crippen LogP contribution in [0.4, 0.5) is 10.1 Å². The van der Waals surface area contributed by atoms with Gasteiger partial charge in [-0.15, -0.1) is 0 Å². The average molecular weight is 411 g/mol. The van der Waals surface area contributed by atoms with Crippen LogP contribution in [0.5, 0.6) is 0 Å². The summed E-state index contributed by atoms with van der Waals surface area (Å²) >= 11 is 0. The molecule has 0 aromatic heterocycles. The van der Waals surface area contributed by atoms with E-state index >= 15 is 0 Å². The van der Waals surface area contributed by atoms with E-state index in [1.54, 1.807) is 12.1 Å². The van der Waals surface area contributed by atoms with Crippen molar-refractivity contribution in [2.75, 3.05) is 24.5 Å². The molecule has 3 nitrogen and oxygen atoms in total. The van der Waals surface area contributed by atoms with E-state index in [4.69, 9.17) is 0 Å². The topological polar surface area (TPSA) is 26.7 Å². The molecule has 0 amide bonds. The Morgan fingerprint density at radius 1 is 1.03 bits per heavy atom. The van der Waals surface area contributed by atoms with Crippen LogP contribution in [-0.4, -0.2) is 35.2 Å². The van der Waals surface area contributed by atoms with Crippen molar-refractivity contribution in [2.45, 2.75) is 64.1 Å². The summed E-state index contributed by atoms with van der Waals surface area (Å²) in [6.07, 6.45) is 4.97. The quantitative estimate of drug-likeness (QED) is 0.677. The van der Waals surface area contributed by atoms with Crippen molar-refractivity contribution in [3.63, 3.8) is 0 Å². The lowest BCUT2D eigenvalue weighted by molar-refractivity contribution is -0.126. The van der Waals surface area contributed by atoms with Crippen LogP contribution >= 0.6 is 0 Å². The Hall–Kier alpha value is -1.91. The van der Waals surface area contributed by atoms with E-state index in [0.717, 1.165) is 57.3 Å². The third-order valence-electron chi connectivity index (χ3n) is 7.37. The number of benzene rings is 2. The zero-order valence-electron chi connectivity index (χ0n) is 18.4. The van der Waals surface area contributed by atoms with E-state index in [1.165, 1.54) is 11.3 Å². The van der Waals surface area contributed by atoms with Crippen LogP contribution in [0.3, 0.4) is 0 Å². The zero-order valence-corrected chi connectivity index (χ0v) is 18.4. The standard InChI is InChI=1S/C26H35FN2O/c1-3-28(4-2)22-14-12-20(13-15-22)25-23-10-7-8-16-26(23,30)17-18-29(25)19-21-9-5-6-11-24(21)27/h5-6,9,11-15,23,25,30H,3-4,7-8,10,16-19H2,1-2H3/t23-,25-,26-/m1/s1. The van der Waals surface area contributed by atoms with Gasteiger partial charge < -0.3 is 10.0 Å². The first-order valence-electron chi connectivity index (χ1n) is 11.6. The van der Waals surface area contributed by atoms with Gasteiger partial charge in [-0.25, -0.2) is 4.39 Å². The molecule has 1 aliphatic heterocycles. The van der Waals surface area contributed by atoms with E-state index in [1.807, 2.05) is 12.1 Å². The Labute approximate surface area is 180 Å². The van der Waals surface area contributed by atoms with Gasteiger partial charge in [0, 0.05) is 49.4 Å². The fraction of sp³-hybridized carbons (Fsp3) is 0.538. The Kier molecular flexibility index (Phi) is 6.45. The Bertz CT molecular complexity index is 835. The molecule has 2 aromatic rings. The number of rotatable bonds is 6. The molecule has 1 aliphatic carbocycles. The van der Waals surface area contributed by atoms with Crippen molar-refractivity contribution in [1.82, 2.24) is 4.90 Å². The molecule has 0 unspecified atom stereocenters. The summed E-state index contributed by atoms with van der Waals surface area (Å²) in [7, 11) is 0. The molecule has 1 heterocycles. The number of fused-ring (bicyclic) bond motifs is 1. The summed E-state index contributed by atoms with van der Waals surface area (Å²) in [5, 5.41) is 11.5. The first-order chi connectivity index (χ1) is 14.6. The van der Waals surface area contributed by atoms with Crippen LogP contribution in [0.15, 0.2) is 48.5 Å². The van der Waals surface area contributed by atoms with Gasteiger partial charge in [0.15, 0.2) is 0 Å². The first-order valence-corrected chi connectivity index (χ1v) is 11.6. The molecule has 30 heavy (non-hydrogen) atoms. The number of hydrogen-bond acceptors (Lipinski definition) is 3. The van der Waals surface area contributed by atoms with Crippen molar-refractivity contribution in [3.05, 3.63) is 65.5 Å². The molecule has 4 rings (SSSR count). The Balaban J connectivity index is 1.67. The minimum atomic E-state index is -0.591. The fourth-order valence-electron chi connectivity index (χ4n) is 5.68. The molecule has 1 N–H and O–H groups in total. The molecule has 0 spiro atoms. The summed E-state index contributed by atoms with van der Waals surface area (Å²) in [5.41, 5.74) is 2.63. The number of anilines is 1. The van der Waals surface area contributed by atoms with Gasteiger partial charge in [-0.1, -0.05) is 43.2 Å². The summed E-state index contributed by atoms with van der Waals surface area (Å²) in [4.78, 5) is 4.74. The van der Waals surface area contributed by atoms with E-state index in [0.29, 0.717) is 6.54 Å². The predicted octanol–water partition coefficient (Wildman–Crippen LogP) is 5.54. The highest BCUT2D eigenvalue weighted by Crippen LogP contribution is 2.49. The fourth-order valence-corrected chi connectivity index (χ4v) is 5.68. The molecule has 2 aromatic carbocycles. The Morgan fingerprint density at radius 3 is 2.47 bits per heavy atom. The Morgan fingerprint density at radius 2 is 1.77 bits per heavy atom. The number of likely N-dealkylation sites (tertiary alicyclic amines) is 1. The minimum Gasteiger partial charge on any atom is -0.389 e. The van der Waals surface area contributed by atoms with Crippen LogP contribution in [0, 0.1) is 11.7 Å². The number of piperidine rings is 1. The van der Waals surface area contributed by atoms with E-state index < -0.39 is 5.60 Å². The number of halogens is 1. The molecule has 0 bridgehead atoms. The summed E-state index contributed by atoms with van der Waals surface area (Å²) in [6.45, 7) is 7.71. The second-order valence-corrected chi connectivity index (χ2v) is 8.98. The van der Waals surface area contributed by atoms with Crippen molar-refractivity contribution in [1.29, 1.82) is 0 Å². The maximum absolute atomic E-state index is 14.4. The maximum atomic E-state index is 14.4. The second kappa shape index (κ2) is 9.07. The van der Waals surface area contributed by atoms with Gasteiger partial charge in [0.2, 0.25) is 0 Å². The average Bonchev–Trinajstić information content (AvgIpc) is 2.77. The molecular weight excluding hydrogens is 375 g/mol. The molecule has 4 heteroatoms. The normalized spacial score (nSPS) is 26.9. The summed E-state index contributed by atoms with van der Waals surface area (Å²) in [5.74, 6) is 0.0590.